The van der Waals surface area contributed by atoms with E-state index in [-0.39, 0.29) is 12.1 Å². The molecule has 9 heteroatoms. The number of hydrogen-bond acceptors (Lipinski definition) is 3. The second-order valence-electron chi connectivity index (χ2n) is 3.90. The van der Waals surface area contributed by atoms with Crippen LogP contribution in [0.2, 0.25) is 0 Å². The molecule has 112 valence electrons. The number of hydrogen-bond donors (Lipinski definition) is 2. The van der Waals surface area contributed by atoms with Crippen LogP contribution in [0.4, 0.5) is 27.6 Å². The molecule has 0 aliphatic carbocycles. The molecule has 0 radical (unpaired) electrons. The zero-order valence-electron chi connectivity index (χ0n) is 10.4. The first-order chi connectivity index (χ1) is 9.19. The van der Waals surface area contributed by atoms with Gasteiger partial charge in [-0.25, -0.2) is 8.78 Å². The van der Waals surface area contributed by atoms with E-state index in [0.29, 0.717) is 17.0 Å². The molecule has 4 nitrogen and oxygen atoms in total. The molecule has 20 heavy (non-hydrogen) atoms. The Kier molecular flexibility index (Phi) is 4.74. The Morgan fingerprint density at radius 1 is 1.30 bits per heavy atom. The van der Waals surface area contributed by atoms with Crippen molar-refractivity contribution in [2.45, 2.75) is 13.1 Å². The summed E-state index contributed by atoms with van der Waals surface area (Å²) in [5.74, 6) is -3.00. The van der Waals surface area contributed by atoms with Gasteiger partial charge in [-0.3, -0.25) is 0 Å². The number of halogens is 5. The Hall–Kier alpha value is -2.06. The van der Waals surface area contributed by atoms with Crippen molar-refractivity contribution in [2.24, 2.45) is 10.9 Å². The molecule has 0 aliphatic heterocycles. The largest absolute Gasteiger partial charge is 0.409 e. The van der Waals surface area contributed by atoms with Gasteiger partial charge in [-0.2, -0.15) is 13.2 Å². The zero-order chi connectivity index (χ0) is 15.5. The lowest BCUT2D eigenvalue weighted by molar-refractivity contribution is -0.119. The molecule has 1 rings (SSSR count). The predicted octanol–water partition coefficient (Wildman–Crippen LogP) is 2.45. The summed E-state index contributed by atoms with van der Waals surface area (Å²) in [6.07, 6.45) is -4.60. The van der Waals surface area contributed by atoms with Crippen LogP contribution in [0, 0.1) is 11.6 Å². The molecule has 0 bridgehead atoms. The van der Waals surface area contributed by atoms with Gasteiger partial charge in [0.2, 0.25) is 0 Å². The van der Waals surface area contributed by atoms with E-state index in [0.717, 1.165) is 0 Å². The van der Waals surface area contributed by atoms with Crippen LogP contribution >= 0.6 is 0 Å². The number of amidine groups is 1. The highest BCUT2D eigenvalue weighted by molar-refractivity contribution is 5.97. The summed E-state index contributed by atoms with van der Waals surface area (Å²) in [7, 11) is 0. The molecule has 0 atom stereocenters. The van der Waals surface area contributed by atoms with Crippen LogP contribution in [0.3, 0.4) is 0 Å². The van der Waals surface area contributed by atoms with Crippen LogP contribution in [-0.2, 0) is 0 Å². The maximum Gasteiger partial charge on any atom is 0.405 e. The molecule has 0 amide bonds. The number of nitrogens with two attached hydrogens (primary N) is 1. The summed E-state index contributed by atoms with van der Waals surface area (Å²) in [4.78, 5) is 0.515. The third-order valence-electron chi connectivity index (χ3n) is 2.49. The van der Waals surface area contributed by atoms with Crippen molar-refractivity contribution < 1.29 is 27.2 Å². The molecule has 0 saturated heterocycles. The van der Waals surface area contributed by atoms with Gasteiger partial charge in [0.1, 0.15) is 23.9 Å². The summed E-state index contributed by atoms with van der Waals surface area (Å²) in [6.45, 7) is -0.390. The lowest BCUT2D eigenvalue weighted by atomic mass is 10.1. The molecule has 1 aromatic carbocycles. The minimum atomic E-state index is -4.60. The van der Waals surface area contributed by atoms with E-state index in [1.807, 2.05) is 0 Å². The number of nitrogens with zero attached hydrogens (tertiary/aromatic N) is 2. The van der Waals surface area contributed by atoms with Crippen LogP contribution in [0.25, 0.3) is 0 Å². The first-order valence-corrected chi connectivity index (χ1v) is 5.48. The zero-order valence-corrected chi connectivity index (χ0v) is 10.4. The second-order valence-corrected chi connectivity index (χ2v) is 3.90. The number of alkyl halides is 3. The van der Waals surface area contributed by atoms with Gasteiger partial charge in [-0.1, -0.05) is 5.16 Å². The number of benzene rings is 1. The molecule has 0 heterocycles. The summed E-state index contributed by atoms with van der Waals surface area (Å²) in [6, 6.07) is 1.40. The fourth-order valence-corrected chi connectivity index (χ4v) is 1.64. The quantitative estimate of drug-likeness (QED) is 0.295. The van der Waals surface area contributed by atoms with Crippen LogP contribution in [0.5, 0.6) is 0 Å². The SMILES string of the molecule is CCN(CC(F)(F)F)c1c(F)cc(C(N)=NO)cc1F. The van der Waals surface area contributed by atoms with E-state index >= 15 is 0 Å². The number of anilines is 1. The Bertz CT molecular complexity index is 492. The summed E-state index contributed by atoms with van der Waals surface area (Å²) < 4.78 is 64.6. The molecule has 0 spiro atoms. The minimum Gasteiger partial charge on any atom is -0.409 e. The minimum absolute atomic E-state index is 0.240. The Morgan fingerprint density at radius 2 is 1.80 bits per heavy atom. The molecule has 0 unspecified atom stereocenters. The summed E-state index contributed by atoms with van der Waals surface area (Å²) in [5.41, 5.74) is 4.09. The van der Waals surface area contributed by atoms with Gasteiger partial charge in [-0.05, 0) is 19.1 Å². The molecular formula is C11H12F5N3O. The van der Waals surface area contributed by atoms with Gasteiger partial charge in [-0.15, -0.1) is 0 Å². The van der Waals surface area contributed by atoms with E-state index in [4.69, 9.17) is 10.9 Å². The topological polar surface area (TPSA) is 61.8 Å². The van der Waals surface area contributed by atoms with Crippen molar-refractivity contribution in [1.82, 2.24) is 0 Å². The molecule has 0 saturated carbocycles. The predicted molar refractivity (Wildman–Crippen MR) is 62.8 cm³/mol. The molecule has 3 N–H and O–H groups in total. The van der Waals surface area contributed by atoms with Gasteiger partial charge in [0.25, 0.3) is 0 Å². The Labute approximate surface area is 111 Å². The van der Waals surface area contributed by atoms with Gasteiger partial charge in [0.05, 0.1) is 0 Å². The van der Waals surface area contributed by atoms with Gasteiger partial charge in [0.15, 0.2) is 5.84 Å². The smallest absolute Gasteiger partial charge is 0.405 e. The highest BCUT2D eigenvalue weighted by atomic mass is 19.4. The normalized spacial score (nSPS) is 12.6. The highest BCUT2D eigenvalue weighted by Gasteiger charge is 2.32. The summed E-state index contributed by atoms with van der Waals surface area (Å²) in [5, 5.41) is 11.0. The highest BCUT2D eigenvalue weighted by Crippen LogP contribution is 2.28. The number of rotatable bonds is 4. The molecule has 0 fully saturated rings. The van der Waals surface area contributed by atoms with Crippen LogP contribution in [0.1, 0.15) is 12.5 Å². The van der Waals surface area contributed by atoms with E-state index < -0.39 is 35.9 Å². The van der Waals surface area contributed by atoms with E-state index in [1.165, 1.54) is 6.92 Å². The van der Waals surface area contributed by atoms with E-state index in [2.05, 4.69) is 5.16 Å². The summed E-state index contributed by atoms with van der Waals surface area (Å²) >= 11 is 0. The Morgan fingerprint density at radius 3 is 2.15 bits per heavy atom. The van der Waals surface area contributed by atoms with Crippen molar-refractivity contribution >= 4 is 11.5 Å². The maximum absolute atomic E-state index is 13.8. The number of oxime groups is 1. The third kappa shape index (κ3) is 3.72. The standard InChI is InChI=1S/C11H12F5N3O/c1-2-19(5-11(14,15)16)9-7(12)3-6(4-8(9)13)10(17)18-20/h3-4,20H,2,5H2,1H3,(H2,17,18). The van der Waals surface area contributed by atoms with Gasteiger partial charge >= 0.3 is 6.18 Å². The fraction of sp³-hybridized carbons (Fsp3) is 0.364. The first kappa shape index (κ1) is 16.0. The lowest BCUT2D eigenvalue weighted by Crippen LogP contribution is -2.35. The van der Waals surface area contributed by atoms with Crippen molar-refractivity contribution in [1.29, 1.82) is 0 Å². The van der Waals surface area contributed by atoms with Crippen molar-refractivity contribution in [3.63, 3.8) is 0 Å². The first-order valence-electron chi connectivity index (χ1n) is 5.48. The van der Waals surface area contributed by atoms with Crippen LogP contribution in [-0.4, -0.2) is 30.3 Å². The van der Waals surface area contributed by atoms with Crippen molar-refractivity contribution in [3.05, 3.63) is 29.3 Å². The molecule has 1 aromatic rings. The van der Waals surface area contributed by atoms with Gasteiger partial charge < -0.3 is 15.8 Å². The van der Waals surface area contributed by atoms with E-state index in [1.54, 1.807) is 0 Å². The molecule has 0 aromatic heterocycles. The lowest BCUT2D eigenvalue weighted by Gasteiger charge is -2.25. The van der Waals surface area contributed by atoms with Gasteiger partial charge in [0, 0.05) is 12.1 Å². The van der Waals surface area contributed by atoms with Crippen LogP contribution < -0.4 is 10.6 Å². The Balaban J connectivity index is 3.24. The fourth-order valence-electron chi connectivity index (χ4n) is 1.64. The van der Waals surface area contributed by atoms with Crippen molar-refractivity contribution in [3.8, 4) is 0 Å². The average Bonchev–Trinajstić information content (AvgIpc) is 2.34. The third-order valence-corrected chi connectivity index (χ3v) is 2.49. The van der Waals surface area contributed by atoms with Crippen molar-refractivity contribution in [2.75, 3.05) is 18.0 Å². The molecular weight excluding hydrogens is 285 g/mol. The average molecular weight is 297 g/mol. The monoisotopic (exact) mass is 297 g/mol. The second kappa shape index (κ2) is 5.93. The van der Waals surface area contributed by atoms with E-state index in [9.17, 15) is 22.0 Å². The molecule has 0 aliphatic rings. The van der Waals surface area contributed by atoms with Crippen LogP contribution in [0.15, 0.2) is 17.3 Å². The maximum atomic E-state index is 13.8.